The van der Waals surface area contributed by atoms with Gasteiger partial charge in [0.25, 0.3) is 0 Å². The van der Waals surface area contributed by atoms with E-state index in [1.54, 1.807) is 35.3 Å². The van der Waals surface area contributed by atoms with Crippen LogP contribution in [-0.4, -0.2) is 19.7 Å². The second-order valence-electron chi connectivity index (χ2n) is 5.01. The van der Waals surface area contributed by atoms with Crippen molar-refractivity contribution in [1.29, 1.82) is 0 Å². The quantitative estimate of drug-likeness (QED) is 0.527. The van der Waals surface area contributed by atoms with Crippen LogP contribution < -0.4 is 0 Å². The summed E-state index contributed by atoms with van der Waals surface area (Å²) >= 11 is 12.3. The van der Waals surface area contributed by atoms with Gasteiger partial charge >= 0.3 is 0 Å². The first-order valence-electron chi connectivity index (χ1n) is 6.93. The van der Waals surface area contributed by atoms with E-state index < -0.39 is 0 Å². The predicted molar refractivity (Wildman–Crippen MR) is 92.1 cm³/mol. The van der Waals surface area contributed by atoms with Gasteiger partial charge in [0.1, 0.15) is 0 Å². The maximum Gasteiger partial charge on any atom is 0.0924 e. The molecule has 0 radical (unpaired) electrons. The van der Waals surface area contributed by atoms with Crippen LogP contribution >= 0.6 is 23.2 Å². The lowest BCUT2D eigenvalue weighted by molar-refractivity contribution is 0.881. The topological polar surface area (TPSA) is 43.6 Å². The third kappa shape index (κ3) is 2.67. The van der Waals surface area contributed by atoms with Crippen LogP contribution in [0.5, 0.6) is 0 Å². The van der Waals surface area contributed by atoms with Crippen LogP contribution in [0.3, 0.4) is 0 Å². The average Bonchev–Trinajstić information content (AvgIpc) is 3.06. The summed E-state index contributed by atoms with van der Waals surface area (Å²) in [6.45, 7) is 0. The average molecular weight is 341 g/mol. The Labute approximate surface area is 142 Å². The van der Waals surface area contributed by atoms with Crippen LogP contribution in [0.15, 0.2) is 61.1 Å². The van der Waals surface area contributed by atoms with Crippen molar-refractivity contribution in [2.45, 2.75) is 0 Å². The van der Waals surface area contributed by atoms with E-state index in [0.717, 1.165) is 28.0 Å². The van der Waals surface area contributed by atoms with Crippen LogP contribution in [0.25, 0.3) is 28.0 Å². The highest BCUT2D eigenvalue weighted by atomic mass is 35.5. The predicted octanol–water partition coefficient (Wildman–Crippen LogP) is 4.79. The second-order valence-corrected chi connectivity index (χ2v) is 5.86. The fourth-order valence-corrected chi connectivity index (χ4v) is 2.71. The van der Waals surface area contributed by atoms with Crippen molar-refractivity contribution >= 4 is 34.2 Å². The van der Waals surface area contributed by atoms with E-state index in [2.05, 4.69) is 15.1 Å². The first-order valence-corrected chi connectivity index (χ1v) is 7.68. The Morgan fingerprint density at radius 2 is 1.74 bits per heavy atom. The standard InChI is InChI=1S/C17H10Cl2N4/c18-12-5-6-13(19)17(7-12)23-10-11(8-21-23)16-9-20-14-3-1-2-4-15(14)22-16/h1-10H. The molecule has 23 heavy (non-hydrogen) atoms. The lowest BCUT2D eigenvalue weighted by Crippen LogP contribution is -1.95. The Balaban J connectivity index is 1.78. The highest BCUT2D eigenvalue weighted by molar-refractivity contribution is 6.34. The second kappa shape index (κ2) is 5.65. The molecule has 2 aromatic carbocycles. The molecule has 0 amide bonds. The zero-order valence-electron chi connectivity index (χ0n) is 11.8. The van der Waals surface area contributed by atoms with E-state index in [9.17, 15) is 0 Å². The third-order valence-electron chi connectivity index (χ3n) is 3.48. The number of para-hydroxylation sites is 2. The molecule has 0 fully saturated rings. The summed E-state index contributed by atoms with van der Waals surface area (Å²) in [6, 6.07) is 13.0. The van der Waals surface area contributed by atoms with E-state index >= 15 is 0 Å². The summed E-state index contributed by atoms with van der Waals surface area (Å²) in [5, 5.41) is 5.53. The summed E-state index contributed by atoms with van der Waals surface area (Å²) in [4.78, 5) is 9.04. The van der Waals surface area contributed by atoms with E-state index in [1.165, 1.54) is 0 Å². The van der Waals surface area contributed by atoms with Crippen LogP contribution in [0.1, 0.15) is 0 Å². The SMILES string of the molecule is Clc1ccc(Cl)c(-n2cc(-c3cnc4ccccc4n3)cn2)c1. The molecule has 0 aliphatic rings. The van der Waals surface area contributed by atoms with Crippen LogP contribution in [0.2, 0.25) is 10.0 Å². The number of rotatable bonds is 2. The number of hydrogen-bond donors (Lipinski definition) is 0. The molecular formula is C17H10Cl2N4. The van der Waals surface area contributed by atoms with Gasteiger partial charge in [0.15, 0.2) is 0 Å². The van der Waals surface area contributed by atoms with Gasteiger partial charge in [-0.05, 0) is 30.3 Å². The van der Waals surface area contributed by atoms with Crippen LogP contribution in [-0.2, 0) is 0 Å². The van der Waals surface area contributed by atoms with Gasteiger partial charge in [0, 0.05) is 16.8 Å². The fourth-order valence-electron chi connectivity index (χ4n) is 2.34. The van der Waals surface area contributed by atoms with E-state index in [1.807, 2.05) is 30.5 Å². The summed E-state index contributed by atoms with van der Waals surface area (Å²) in [5.74, 6) is 0. The van der Waals surface area contributed by atoms with Crippen molar-refractivity contribution in [1.82, 2.24) is 19.7 Å². The first-order chi connectivity index (χ1) is 11.2. The molecule has 0 unspecified atom stereocenters. The largest absolute Gasteiger partial charge is 0.252 e. The molecule has 0 spiro atoms. The molecule has 0 N–H and O–H groups in total. The Morgan fingerprint density at radius 1 is 0.913 bits per heavy atom. The van der Waals surface area contributed by atoms with Crippen molar-refractivity contribution in [3.63, 3.8) is 0 Å². The minimum atomic E-state index is 0.577. The Hall–Kier alpha value is -2.43. The number of benzene rings is 2. The molecule has 0 bridgehead atoms. The lowest BCUT2D eigenvalue weighted by atomic mass is 10.2. The van der Waals surface area contributed by atoms with Gasteiger partial charge in [-0.3, -0.25) is 4.98 Å². The molecule has 2 aromatic heterocycles. The van der Waals surface area contributed by atoms with Crippen molar-refractivity contribution in [2.24, 2.45) is 0 Å². The molecule has 2 heterocycles. The van der Waals surface area contributed by atoms with Gasteiger partial charge in [-0.15, -0.1) is 0 Å². The minimum absolute atomic E-state index is 0.577. The van der Waals surface area contributed by atoms with Gasteiger partial charge in [-0.2, -0.15) is 5.10 Å². The molecule has 0 saturated heterocycles. The molecule has 0 aliphatic carbocycles. The Bertz CT molecular complexity index is 1010. The van der Waals surface area contributed by atoms with Crippen LogP contribution in [0, 0.1) is 0 Å². The molecule has 0 aliphatic heterocycles. The Morgan fingerprint density at radius 3 is 2.61 bits per heavy atom. The third-order valence-corrected chi connectivity index (χ3v) is 4.04. The Kier molecular flexibility index (Phi) is 3.48. The number of fused-ring (bicyclic) bond motifs is 1. The van der Waals surface area contributed by atoms with Gasteiger partial charge < -0.3 is 0 Å². The molecule has 6 heteroatoms. The maximum absolute atomic E-state index is 6.22. The molecule has 112 valence electrons. The number of nitrogens with zero attached hydrogens (tertiary/aromatic N) is 4. The van der Waals surface area contributed by atoms with Gasteiger partial charge in [-0.25, -0.2) is 9.67 Å². The van der Waals surface area contributed by atoms with E-state index in [0.29, 0.717) is 10.0 Å². The number of halogens is 2. The summed E-state index contributed by atoms with van der Waals surface area (Å²) < 4.78 is 1.68. The number of hydrogen-bond acceptors (Lipinski definition) is 3. The molecule has 4 nitrogen and oxygen atoms in total. The van der Waals surface area contributed by atoms with Gasteiger partial charge in [0.2, 0.25) is 0 Å². The molecule has 0 atom stereocenters. The molecule has 0 saturated carbocycles. The monoisotopic (exact) mass is 340 g/mol. The van der Waals surface area contributed by atoms with E-state index in [-0.39, 0.29) is 0 Å². The maximum atomic E-state index is 6.22. The van der Waals surface area contributed by atoms with Crippen molar-refractivity contribution in [3.05, 3.63) is 71.1 Å². The van der Waals surface area contributed by atoms with E-state index in [4.69, 9.17) is 23.2 Å². The van der Waals surface area contributed by atoms with Crippen molar-refractivity contribution in [3.8, 4) is 16.9 Å². The summed E-state index contributed by atoms with van der Waals surface area (Å²) in [7, 11) is 0. The molecule has 4 aromatic rings. The first kappa shape index (κ1) is 14.2. The highest BCUT2D eigenvalue weighted by Gasteiger charge is 2.09. The molecule has 4 rings (SSSR count). The zero-order valence-corrected chi connectivity index (χ0v) is 13.3. The van der Waals surface area contributed by atoms with Crippen molar-refractivity contribution < 1.29 is 0 Å². The fraction of sp³-hybridized carbons (Fsp3) is 0. The summed E-state index contributed by atoms with van der Waals surface area (Å²) in [6.07, 6.45) is 5.33. The zero-order chi connectivity index (χ0) is 15.8. The lowest BCUT2D eigenvalue weighted by Gasteiger charge is -2.04. The van der Waals surface area contributed by atoms with Gasteiger partial charge in [0.05, 0.1) is 39.8 Å². The normalized spacial score (nSPS) is 11.0. The smallest absolute Gasteiger partial charge is 0.0924 e. The van der Waals surface area contributed by atoms with Gasteiger partial charge in [-0.1, -0.05) is 35.3 Å². The summed E-state index contributed by atoms with van der Waals surface area (Å²) in [5.41, 5.74) is 4.05. The van der Waals surface area contributed by atoms with Crippen molar-refractivity contribution in [2.75, 3.05) is 0 Å². The minimum Gasteiger partial charge on any atom is -0.252 e. The molecular weight excluding hydrogens is 331 g/mol. The number of aromatic nitrogens is 4. The highest BCUT2D eigenvalue weighted by Crippen LogP contribution is 2.26. The van der Waals surface area contributed by atoms with Crippen LogP contribution in [0.4, 0.5) is 0 Å².